The minimum Gasteiger partial charge on any atom is -0.379 e. The summed E-state index contributed by atoms with van der Waals surface area (Å²) in [6, 6.07) is 4.36. The maximum atomic E-state index is 13.0. The van der Waals surface area contributed by atoms with E-state index in [0.717, 1.165) is 52.1 Å². The number of piperidine rings is 1. The van der Waals surface area contributed by atoms with Crippen molar-refractivity contribution in [2.45, 2.75) is 31.1 Å². The number of rotatable bonds is 7. The fraction of sp³-hybridized carbons (Fsp3) is 0.650. The summed E-state index contributed by atoms with van der Waals surface area (Å²) >= 11 is 6.19. The fourth-order valence-electron chi connectivity index (χ4n) is 3.64. The molecular weight excluding hydrogens is 414 g/mol. The van der Waals surface area contributed by atoms with Crippen LogP contribution in [0.4, 0.5) is 0 Å². The highest BCUT2D eigenvalue weighted by Gasteiger charge is 2.29. The minimum atomic E-state index is -3.62. The van der Waals surface area contributed by atoms with Crippen LogP contribution in [0.3, 0.4) is 0 Å². The van der Waals surface area contributed by atoms with E-state index in [1.165, 1.54) is 22.5 Å². The molecule has 1 aromatic rings. The minimum absolute atomic E-state index is 0.120. The number of halogens is 1. The van der Waals surface area contributed by atoms with Gasteiger partial charge in [0.25, 0.3) is 5.91 Å². The number of morpholine rings is 1. The molecule has 0 atom stereocenters. The summed E-state index contributed by atoms with van der Waals surface area (Å²) < 4.78 is 32.7. The van der Waals surface area contributed by atoms with Crippen LogP contribution in [0.5, 0.6) is 0 Å². The predicted molar refractivity (Wildman–Crippen MR) is 113 cm³/mol. The number of benzene rings is 1. The topological polar surface area (TPSA) is 79.0 Å². The number of carbonyl (C=O) groups excluding carboxylic acids is 1. The van der Waals surface area contributed by atoms with Crippen molar-refractivity contribution in [3.8, 4) is 0 Å². The molecule has 0 radical (unpaired) electrons. The van der Waals surface area contributed by atoms with Crippen LogP contribution in [0.2, 0.25) is 5.02 Å². The Labute approximate surface area is 178 Å². The highest BCUT2D eigenvalue weighted by atomic mass is 35.5. The second-order valence-electron chi connectivity index (χ2n) is 7.79. The van der Waals surface area contributed by atoms with Gasteiger partial charge < -0.3 is 10.1 Å². The van der Waals surface area contributed by atoms with E-state index in [0.29, 0.717) is 25.6 Å². The van der Waals surface area contributed by atoms with Gasteiger partial charge in [0.15, 0.2) is 0 Å². The quantitative estimate of drug-likeness (QED) is 0.653. The zero-order valence-corrected chi connectivity index (χ0v) is 18.5. The Bertz CT molecular complexity index is 804. The molecule has 2 aliphatic heterocycles. The third-order valence-electron chi connectivity index (χ3n) is 5.60. The maximum Gasteiger partial charge on any atom is 0.252 e. The van der Waals surface area contributed by atoms with E-state index < -0.39 is 10.0 Å². The van der Waals surface area contributed by atoms with Crippen molar-refractivity contribution in [1.82, 2.24) is 14.5 Å². The van der Waals surface area contributed by atoms with E-state index in [2.05, 4.69) is 17.1 Å². The first-order valence-electron chi connectivity index (χ1n) is 10.3. The first kappa shape index (κ1) is 22.5. The second kappa shape index (κ2) is 10.2. The summed E-state index contributed by atoms with van der Waals surface area (Å²) in [5.74, 6) is 0.187. The van der Waals surface area contributed by atoms with Gasteiger partial charge in [0.1, 0.15) is 0 Å². The van der Waals surface area contributed by atoms with Crippen LogP contribution in [-0.4, -0.2) is 76.0 Å². The number of ether oxygens (including phenoxy) is 1. The molecule has 0 aliphatic carbocycles. The van der Waals surface area contributed by atoms with Crippen LogP contribution >= 0.6 is 11.6 Å². The zero-order valence-electron chi connectivity index (χ0n) is 16.9. The van der Waals surface area contributed by atoms with E-state index >= 15 is 0 Å². The van der Waals surface area contributed by atoms with E-state index in [-0.39, 0.29) is 21.4 Å². The van der Waals surface area contributed by atoms with Gasteiger partial charge in [-0.15, -0.1) is 0 Å². The number of nitrogens with zero attached hydrogens (tertiary/aromatic N) is 2. The Hall–Kier alpha value is -1.19. The Morgan fingerprint density at radius 1 is 1.21 bits per heavy atom. The lowest BCUT2D eigenvalue weighted by molar-refractivity contribution is 0.0374. The van der Waals surface area contributed by atoms with E-state index in [4.69, 9.17) is 16.3 Å². The lowest BCUT2D eigenvalue weighted by atomic mass is 10.0. The van der Waals surface area contributed by atoms with Crippen LogP contribution in [0.25, 0.3) is 0 Å². The molecule has 2 heterocycles. The molecule has 29 heavy (non-hydrogen) atoms. The molecule has 1 amide bonds. The summed E-state index contributed by atoms with van der Waals surface area (Å²) in [7, 11) is -3.62. The molecule has 2 aliphatic rings. The van der Waals surface area contributed by atoms with Crippen LogP contribution < -0.4 is 5.32 Å². The van der Waals surface area contributed by atoms with Crippen molar-refractivity contribution >= 4 is 27.5 Å². The average molecular weight is 444 g/mol. The summed E-state index contributed by atoms with van der Waals surface area (Å²) in [4.78, 5) is 15.0. The lowest BCUT2D eigenvalue weighted by Crippen LogP contribution is -2.38. The SMILES string of the molecule is CC1CCN(S(=O)(=O)c2ccc(Cl)c(C(=O)NCCCN3CCOCC3)c2)CC1. The van der Waals surface area contributed by atoms with Crippen molar-refractivity contribution in [3.63, 3.8) is 0 Å². The maximum absolute atomic E-state index is 13.0. The molecule has 3 rings (SSSR count). The number of amides is 1. The molecule has 0 saturated carbocycles. The Balaban J connectivity index is 1.59. The number of sulfonamides is 1. The number of hydrogen-bond acceptors (Lipinski definition) is 5. The summed E-state index contributed by atoms with van der Waals surface area (Å²) in [6.07, 6.45) is 2.51. The fourth-order valence-corrected chi connectivity index (χ4v) is 5.34. The van der Waals surface area contributed by atoms with Crippen LogP contribution in [0.15, 0.2) is 23.1 Å². The first-order valence-corrected chi connectivity index (χ1v) is 12.1. The van der Waals surface area contributed by atoms with Crippen molar-refractivity contribution in [1.29, 1.82) is 0 Å². The molecule has 7 nitrogen and oxygen atoms in total. The van der Waals surface area contributed by atoms with Gasteiger partial charge in [-0.3, -0.25) is 9.69 Å². The van der Waals surface area contributed by atoms with Crippen molar-refractivity contribution in [2.75, 3.05) is 52.5 Å². The monoisotopic (exact) mass is 443 g/mol. The summed E-state index contributed by atoms with van der Waals surface area (Å²) in [5, 5.41) is 3.11. The molecule has 0 bridgehead atoms. The van der Waals surface area contributed by atoms with Gasteiger partial charge in [-0.1, -0.05) is 18.5 Å². The largest absolute Gasteiger partial charge is 0.379 e. The van der Waals surface area contributed by atoms with Crippen LogP contribution in [-0.2, 0) is 14.8 Å². The van der Waals surface area contributed by atoms with Gasteiger partial charge in [0, 0.05) is 32.7 Å². The molecule has 2 fully saturated rings. The van der Waals surface area contributed by atoms with Gasteiger partial charge in [0.05, 0.1) is 28.7 Å². The smallest absolute Gasteiger partial charge is 0.252 e. The lowest BCUT2D eigenvalue weighted by Gasteiger charge is -2.29. The van der Waals surface area contributed by atoms with Crippen molar-refractivity contribution in [2.24, 2.45) is 5.92 Å². The molecule has 2 saturated heterocycles. The molecular formula is C20H30ClN3O4S. The first-order chi connectivity index (χ1) is 13.9. The number of hydrogen-bond donors (Lipinski definition) is 1. The standard InChI is InChI=1S/C20H30ClN3O4S/c1-16-5-9-24(10-6-16)29(26,27)17-3-4-19(21)18(15-17)20(25)22-7-2-8-23-11-13-28-14-12-23/h3-4,15-16H,2,5-14H2,1H3,(H,22,25). The highest BCUT2D eigenvalue weighted by molar-refractivity contribution is 7.89. The average Bonchev–Trinajstić information content (AvgIpc) is 2.72. The Kier molecular flexibility index (Phi) is 7.92. The second-order valence-corrected chi connectivity index (χ2v) is 10.1. The van der Waals surface area contributed by atoms with Gasteiger partial charge in [0.2, 0.25) is 10.0 Å². The van der Waals surface area contributed by atoms with E-state index in [1.807, 2.05) is 0 Å². The molecule has 1 aromatic carbocycles. The molecule has 162 valence electrons. The zero-order chi connectivity index (χ0) is 20.9. The summed E-state index contributed by atoms with van der Waals surface area (Å²) in [6.45, 7) is 7.87. The highest BCUT2D eigenvalue weighted by Crippen LogP contribution is 2.26. The third kappa shape index (κ3) is 5.92. The molecule has 0 unspecified atom stereocenters. The number of nitrogens with one attached hydrogen (secondary N) is 1. The van der Waals surface area contributed by atoms with Crippen molar-refractivity contribution < 1.29 is 17.9 Å². The van der Waals surface area contributed by atoms with Crippen LogP contribution in [0, 0.1) is 5.92 Å². The number of carbonyl (C=O) groups is 1. The molecule has 0 aromatic heterocycles. The summed E-state index contributed by atoms with van der Waals surface area (Å²) in [5.41, 5.74) is 0.199. The van der Waals surface area contributed by atoms with Gasteiger partial charge in [-0.2, -0.15) is 4.31 Å². The molecule has 9 heteroatoms. The Morgan fingerprint density at radius 3 is 2.59 bits per heavy atom. The van der Waals surface area contributed by atoms with Gasteiger partial charge >= 0.3 is 0 Å². The van der Waals surface area contributed by atoms with Crippen molar-refractivity contribution in [3.05, 3.63) is 28.8 Å². The van der Waals surface area contributed by atoms with E-state index in [9.17, 15) is 13.2 Å². The Morgan fingerprint density at radius 2 is 1.90 bits per heavy atom. The van der Waals surface area contributed by atoms with E-state index in [1.54, 1.807) is 0 Å². The predicted octanol–water partition coefficient (Wildman–Crippen LogP) is 2.21. The third-order valence-corrected chi connectivity index (χ3v) is 7.83. The van der Waals surface area contributed by atoms with Crippen LogP contribution in [0.1, 0.15) is 36.5 Å². The molecule has 1 N–H and O–H groups in total. The van der Waals surface area contributed by atoms with Gasteiger partial charge in [-0.05, 0) is 49.9 Å². The van der Waals surface area contributed by atoms with Gasteiger partial charge in [-0.25, -0.2) is 8.42 Å². The normalized spacial score (nSPS) is 19.9. The molecule has 0 spiro atoms.